The fourth-order valence-corrected chi connectivity index (χ4v) is 2.34. The highest BCUT2D eigenvalue weighted by atomic mass is 35.5. The predicted octanol–water partition coefficient (Wildman–Crippen LogP) is 2.27. The number of piperidine rings is 1. The van der Waals surface area contributed by atoms with E-state index in [0.717, 1.165) is 13.1 Å². The molecule has 0 unspecified atom stereocenters. The number of rotatable bonds is 1. The van der Waals surface area contributed by atoms with Crippen LogP contribution in [0.25, 0.3) is 0 Å². The van der Waals surface area contributed by atoms with Gasteiger partial charge in [-0.05, 0) is 32.0 Å². The zero-order valence-electron chi connectivity index (χ0n) is 8.63. The molecule has 0 aliphatic carbocycles. The lowest BCUT2D eigenvalue weighted by Crippen LogP contribution is -2.39. The van der Waals surface area contributed by atoms with Crippen molar-refractivity contribution in [3.63, 3.8) is 0 Å². The molecule has 3 N–H and O–H groups in total. The highest BCUT2D eigenvalue weighted by molar-refractivity contribution is 6.42. The molecule has 0 bridgehead atoms. The second-order valence-corrected chi connectivity index (χ2v) is 4.88. The van der Waals surface area contributed by atoms with Crippen molar-refractivity contribution < 1.29 is 10.2 Å². The van der Waals surface area contributed by atoms with Gasteiger partial charge in [0.25, 0.3) is 0 Å². The van der Waals surface area contributed by atoms with Crippen LogP contribution in [0.2, 0.25) is 10.0 Å². The quantitative estimate of drug-likeness (QED) is 0.727. The first-order valence-corrected chi connectivity index (χ1v) is 5.90. The van der Waals surface area contributed by atoms with E-state index in [1.165, 1.54) is 6.07 Å². The largest absolute Gasteiger partial charge is 0.508 e. The van der Waals surface area contributed by atoms with Gasteiger partial charge in [0.05, 0.1) is 15.6 Å². The Hall–Kier alpha value is -0.480. The molecule has 0 radical (unpaired) electrons. The third kappa shape index (κ3) is 2.13. The molecular weight excluding hydrogens is 249 g/mol. The zero-order valence-corrected chi connectivity index (χ0v) is 10.1. The average Bonchev–Trinajstić information content (AvgIpc) is 2.24. The van der Waals surface area contributed by atoms with E-state index in [9.17, 15) is 10.2 Å². The molecule has 0 spiro atoms. The summed E-state index contributed by atoms with van der Waals surface area (Å²) in [5.74, 6) is -0.00111. The van der Waals surface area contributed by atoms with E-state index in [1.54, 1.807) is 6.07 Å². The minimum absolute atomic E-state index is 0.00111. The fourth-order valence-electron chi connectivity index (χ4n) is 2.02. The van der Waals surface area contributed by atoms with Gasteiger partial charge in [-0.25, -0.2) is 0 Å². The van der Waals surface area contributed by atoms with Crippen molar-refractivity contribution in [1.82, 2.24) is 5.32 Å². The highest BCUT2D eigenvalue weighted by Crippen LogP contribution is 2.40. The number of phenols is 1. The van der Waals surface area contributed by atoms with Crippen LogP contribution >= 0.6 is 23.2 Å². The summed E-state index contributed by atoms with van der Waals surface area (Å²) in [5, 5.41) is 24.0. The van der Waals surface area contributed by atoms with Gasteiger partial charge in [0.1, 0.15) is 5.75 Å². The van der Waals surface area contributed by atoms with E-state index in [1.807, 2.05) is 0 Å². The molecule has 3 nitrogen and oxygen atoms in total. The molecular formula is C11H13Cl2NO2. The summed E-state index contributed by atoms with van der Waals surface area (Å²) in [6, 6.07) is 2.92. The lowest BCUT2D eigenvalue weighted by molar-refractivity contribution is 0.00400. The van der Waals surface area contributed by atoms with Crippen LogP contribution in [0.3, 0.4) is 0 Å². The smallest absolute Gasteiger partial charge is 0.123 e. The second-order valence-electron chi connectivity index (χ2n) is 4.07. The summed E-state index contributed by atoms with van der Waals surface area (Å²) in [5.41, 5.74) is -0.549. The molecule has 0 amide bonds. The van der Waals surface area contributed by atoms with Crippen molar-refractivity contribution in [2.24, 2.45) is 0 Å². The van der Waals surface area contributed by atoms with Gasteiger partial charge >= 0.3 is 0 Å². The van der Waals surface area contributed by atoms with Crippen LogP contribution in [-0.2, 0) is 5.60 Å². The molecule has 0 saturated carbocycles. The summed E-state index contributed by atoms with van der Waals surface area (Å²) in [6.45, 7) is 1.44. The Balaban J connectivity index is 2.42. The second kappa shape index (κ2) is 4.41. The minimum atomic E-state index is -1.01. The van der Waals surface area contributed by atoms with E-state index in [4.69, 9.17) is 23.2 Å². The first-order chi connectivity index (χ1) is 7.53. The summed E-state index contributed by atoms with van der Waals surface area (Å²) >= 11 is 11.7. The Bertz CT molecular complexity index is 403. The molecule has 0 atom stereocenters. The van der Waals surface area contributed by atoms with Crippen LogP contribution in [0.15, 0.2) is 12.1 Å². The minimum Gasteiger partial charge on any atom is -0.508 e. The maximum Gasteiger partial charge on any atom is 0.123 e. The van der Waals surface area contributed by atoms with Crippen LogP contribution in [0.5, 0.6) is 5.75 Å². The molecule has 1 aliphatic rings. The summed E-state index contributed by atoms with van der Waals surface area (Å²) < 4.78 is 0. The molecule has 5 heteroatoms. The van der Waals surface area contributed by atoms with Crippen LogP contribution in [0, 0.1) is 0 Å². The lowest BCUT2D eigenvalue weighted by Gasteiger charge is -2.33. The molecule has 1 aliphatic heterocycles. The molecule has 1 fully saturated rings. The van der Waals surface area contributed by atoms with Crippen molar-refractivity contribution in [2.75, 3.05) is 13.1 Å². The third-order valence-corrected chi connectivity index (χ3v) is 3.69. The Labute approximate surface area is 104 Å². The van der Waals surface area contributed by atoms with E-state index >= 15 is 0 Å². The number of halogens is 2. The van der Waals surface area contributed by atoms with Crippen molar-refractivity contribution >= 4 is 23.2 Å². The van der Waals surface area contributed by atoms with Crippen molar-refractivity contribution in [1.29, 1.82) is 0 Å². The molecule has 1 aromatic carbocycles. The molecule has 88 valence electrons. The summed E-state index contributed by atoms with van der Waals surface area (Å²) in [6.07, 6.45) is 1.11. The van der Waals surface area contributed by atoms with Crippen LogP contribution in [0.1, 0.15) is 18.4 Å². The van der Waals surface area contributed by atoms with Crippen molar-refractivity contribution in [3.8, 4) is 5.75 Å². The molecule has 16 heavy (non-hydrogen) atoms. The summed E-state index contributed by atoms with van der Waals surface area (Å²) in [4.78, 5) is 0. The summed E-state index contributed by atoms with van der Waals surface area (Å²) in [7, 11) is 0. The number of hydrogen-bond donors (Lipinski definition) is 3. The third-order valence-electron chi connectivity index (χ3n) is 2.97. The van der Waals surface area contributed by atoms with Crippen LogP contribution in [-0.4, -0.2) is 23.3 Å². The molecule has 2 rings (SSSR count). The van der Waals surface area contributed by atoms with Gasteiger partial charge in [-0.1, -0.05) is 23.2 Å². The number of hydrogen-bond acceptors (Lipinski definition) is 3. The van der Waals surface area contributed by atoms with Gasteiger partial charge in [0, 0.05) is 11.6 Å². The van der Waals surface area contributed by atoms with Gasteiger partial charge in [0.15, 0.2) is 0 Å². The average molecular weight is 262 g/mol. The maximum atomic E-state index is 10.4. The molecule has 0 aromatic heterocycles. The Morgan fingerprint density at radius 1 is 1.12 bits per heavy atom. The van der Waals surface area contributed by atoms with Gasteiger partial charge < -0.3 is 15.5 Å². The lowest BCUT2D eigenvalue weighted by atomic mass is 9.84. The fraction of sp³-hybridized carbons (Fsp3) is 0.455. The molecule has 1 saturated heterocycles. The first-order valence-electron chi connectivity index (χ1n) is 5.14. The number of nitrogens with one attached hydrogen (secondary N) is 1. The van der Waals surface area contributed by atoms with E-state index in [0.29, 0.717) is 28.5 Å². The standard InChI is InChI=1S/C11H13Cl2NO2/c12-8-5-7(10(15)6-9(8)13)11(16)1-3-14-4-2-11/h5-6,14-16H,1-4H2. The Kier molecular flexibility index (Phi) is 3.31. The monoisotopic (exact) mass is 261 g/mol. The van der Waals surface area contributed by atoms with E-state index < -0.39 is 5.60 Å². The van der Waals surface area contributed by atoms with Gasteiger partial charge in [-0.3, -0.25) is 0 Å². The number of benzene rings is 1. The normalized spacial score (nSPS) is 19.7. The predicted molar refractivity (Wildman–Crippen MR) is 64.1 cm³/mol. The number of aliphatic hydroxyl groups is 1. The Morgan fingerprint density at radius 3 is 2.31 bits per heavy atom. The van der Waals surface area contributed by atoms with Gasteiger partial charge in [-0.2, -0.15) is 0 Å². The molecule has 1 heterocycles. The van der Waals surface area contributed by atoms with Crippen LogP contribution < -0.4 is 5.32 Å². The SMILES string of the molecule is Oc1cc(Cl)c(Cl)cc1C1(O)CCNCC1. The first kappa shape index (κ1) is 12.0. The number of phenolic OH excluding ortho intramolecular Hbond substituents is 1. The highest BCUT2D eigenvalue weighted by Gasteiger charge is 2.34. The van der Waals surface area contributed by atoms with Crippen LogP contribution in [0.4, 0.5) is 0 Å². The topological polar surface area (TPSA) is 52.5 Å². The van der Waals surface area contributed by atoms with Crippen molar-refractivity contribution in [3.05, 3.63) is 27.7 Å². The Morgan fingerprint density at radius 2 is 1.69 bits per heavy atom. The van der Waals surface area contributed by atoms with Gasteiger partial charge in [-0.15, -0.1) is 0 Å². The van der Waals surface area contributed by atoms with E-state index in [-0.39, 0.29) is 5.75 Å². The maximum absolute atomic E-state index is 10.4. The van der Waals surface area contributed by atoms with Crippen molar-refractivity contribution in [2.45, 2.75) is 18.4 Å². The molecule has 1 aromatic rings. The van der Waals surface area contributed by atoms with E-state index in [2.05, 4.69) is 5.32 Å². The van der Waals surface area contributed by atoms with Gasteiger partial charge in [0.2, 0.25) is 0 Å². The zero-order chi connectivity index (χ0) is 11.8. The number of aromatic hydroxyl groups is 1.